The molecule has 0 unspecified atom stereocenters. The van der Waals surface area contributed by atoms with E-state index in [2.05, 4.69) is 12.2 Å². The van der Waals surface area contributed by atoms with Crippen LogP contribution < -0.4 is 5.32 Å². The van der Waals surface area contributed by atoms with Gasteiger partial charge in [0.2, 0.25) is 0 Å². The summed E-state index contributed by atoms with van der Waals surface area (Å²) in [5.74, 6) is 0.0206. The Morgan fingerprint density at radius 2 is 1.73 bits per heavy atom. The van der Waals surface area contributed by atoms with Crippen LogP contribution in [0.25, 0.3) is 0 Å². The number of methoxy groups -OCH3 is 1. The molecule has 2 bridgehead atoms. The zero-order valence-electron chi connectivity index (χ0n) is 9.77. The molecule has 3 rings (SSSR count). The molecule has 0 radical (unpaired) electrons. The van der Waals surface area contributed by atoms with Gasteiger partial charge in [0.15, 0.2) is 0 Å². The van der Waals surface area contributed by atoms with Crippen LogP contribution in [-0.4, -0.2) is 25.2 Å². The van der Waals surface area contributed by atoms with E-state index in [4.69, 9.17) is 4.74 Å². The normalized spacial score (nSPS) is 39.1. The van der Waals surface area contributed by atoms with Gasteiger partial charge < -0.3 is 10.1 Å². The first kappa shape index (κ1) is 10.9. The Kier molecular flexibility index (Phi) is 2.75. The van der Waals surface area contributed by atoms with Crippen molar-refractivity contribution in [2.45, 2.75) is 51.0 Å². The zero-order chi connectivity index (χ0) is 10.9. The van der Waals surface area contributed by atoms with E-state index in [9.17, 15) is 4.79 Å². The molecular weight excluding hydrogens is 190 g/mol. The average molecular weight is 211 g/mol. The molecule has 3 nitrogen and oxygen atoms in total. The quantitative estimate of drug-likeness (QED) is 0.724. The molecule has 3 heteroatoms. The summed E-state index contributed by atoms with van der Waals surface area (Å²) in [5, 5.41) is 3.61. The second-order valence-electron chi connectivity index (χ2n) is 5.08. The van der Waals surface area contributed by atoms with Gasteiger partial charge in [0.25, 0.3) is 0 Å². The Labute approximate surface area is 91.6 Å². The van der Waals surface area contributed by atoms with E-state index in [1.165, 1.54) is 7.11 Å². The van der Waals surface area contributed by atoms with Gasteiger partial charge in [0.05, 0.1) is 12.5 Å². The van der Waals surface area contributed by atoms with Crippen LogP contribution >= 0.6 is 0 Å². The lowest BCUT2D eigenvalue weighted by atomic mass is 9.57. The van der Waals surface area contributed by atoms with Gasteiger partial charge in [0.1, 0.15) is 0 Å². The summed E-state index contributed by atoms with van der Waals surface area (Å²) in [4.78, 5) is 11.8. The molecule has 3 aliphatic carbocycles. The van der Waals surface area contributed by atoms with Crippen molar-refractivity contribution in [2.24, 2.45) is 5.41 Å². The Balaban J connectivity index is 2.07. The van der Waals surface area contributed by atoms with Crippen molar-refractivity contribution < 1.29 is 9.53 Å². The third kappa shape index (κ3) is 1.67. The van der Waals surface area contributed by atoms with Gasteiger partial charge in [-0.1, -0.05) is 6.92 Å². The van der Waals surface area contributed by atoms with Crippen LogP contribution in [0.15, 0.2) is 0 Å². The molecule has 3 fully saturated rings. The third-order valence-corrected chi connectivity index (χ3v) is 4.42. The molecule has 0 atom stereocenters. The van der Waals surface area contributed by atoms with Gasteiger partial charge in [-0.25, -0.2) is 0 Å². The molecule has 0 aromatic carbocycles. The first-order valence-corrected chi connectivity index (χ1v) is 6.00. The molecule has 0 aliphatic heterocycles. The number of hydrogen-bond donors (Lipinski definition) is 1. The Bertz CT molecular complexity index is 238. The van der Waals surface area contributed by atoms with Crippen molar-refractivity contribution in [2.75, 3.05) is 13.7 Å². The highest BCUT2D eigenvalue weighted by atomic mass is 16.5. The van der Waals surface area contributed by atoms with Crippen LogP contribution in [0.1, 0.15) is 45.4 Å². The number of ether oxygens (including phenoxy) is 1. The first-order chi connectivity index (χ1) is 7.16. The lowest BCUT2D eigenvalue weighted by molar-refractivity contribution is -0.160. The predicted molar refractivity (Wildman–Crippen MR) is 58.6 cm³/mol. The smallest absolute Gasteiger partial charge is 0.311 e. The fourth-order valence-corrected chi connectivity index (χ4v) is 3.35. The van der Waals surface area contributed by atoms with Gasteiger partial charge in [0, 0.05) is 5.54 Å². The Morgan fingerprint density at radius 1 is 1.20 bits per heavy atom. The molecule has 0 saturated heterocycles. The number of carbonyl (C=O) groups excluding carboxylic acids is 1. The summed E-state index contributed by atoms with van der Waals surface area (Å²) in [6.45, 7) is 3.19. The third-order valence-electron chi connectivity index (χ3n) is 4.42. The van der Waals surface area contributed by atoms with Gasteiger partial charge in [-0.05, 0) is 45.1 Å². The minimum Gasteiger partial charge on any atom is -0.469 e. The number of carbonyl (C=O) groups is 1. The summed E-state index contributed by atoms with van der Waals surface area (Å²) < 4.78 is 4.94. The van der Waals surface area contributed by atoms with E-state index < -0.39 is 0 Å². The maximum Gasteiger partial charge on any atom is 0.311 e. The van der Waals surface area contributed by atoms with E-state index in [1.54, 1.807) is 0 Å². The SMILES string of the molecule is CCNC12CCC(C(=O)OC)(CC1)CC2. The molecule has 3 aliphatic rings. The average Bonchev–Trinajstić information content (AvgIpc) is 2.30. The van der Waals surface area contributed by atoms with Gasteiger partial charge in [-0.3, -0.25) is 4.79 Å². The topological polar surface area (TPSA) is 38.3 Å². The summed E-state index contributed by atoms with van der Waals surface area (Å²) >= 11 is 0. The highest BCUT2D eigenvalue weighted by molar-refractivity contribution is 5.77. The zero-order valence-corrected chi connectivity index (χ0v) is 9.77. The van der Waals surface area contributed by atoms with Crippen molar-refractivity contribution in [3.05, 3.63) is 0 Å². The number of fused-ring (bicyclic) bond motifs is 3. The van der Waals surface area contributed by atoms with E-state index in [0.717, 1.165) is 45.1 Å². The van der Waals surface area contributed by atoms with E-state index in [1.807, 2.05) is 0 Å². The van der Waals surface area contributed by atoms with Crippen LogP contribution in [0.2, 0.25) is 0 Å². The molecule has 0 aromatic rings. The van der Waals surface area contributed by atoms with Crippen molar-refractivity contribution in [3.8, 4) is 0 Å². The molecule has 0 amide bonds. The Hall–Kier alpha value is -0.570. The molecule has 0 aromatic heterocycles. The molecule has 1 N–H and O–H groups in total. The lowest BCUT2D eigenvalue weighted by Crippen LogP contribution is -2.56. The van der Waals surface area contributed by atoms with Gasteiger partial charge >= 0.3 is 5.97 Å². The summed E-state index contributed by atoms with van der Waals surface area (Å²) in [7, 11) is 1.51. The minimum atomic E-state index is -0.133. The van der Waals surface area contributed by atoms with Crippen molar-refractivity contribution in [3.63, 3.8) is 0 Å². The highest BCUT2D eigenvalue weighted by Gasteiger charge is 2.52. The largest absolute Gasteiger partial charge is 0.469 e. The van der Waals surface area contributed by atoms with Crippen LogP contribution in [0.3, 0.4) is 0 Å². The predicted octanol–water partition coefficient (Wildman–Crippen LogP) is 1.86. The van der Waals surface area contributed by atoms with E-state index in [-0.39, 0.29) is 11.4 Å². The molecule has 0 heterocycles. The summed E-state index contributed by atoms with van der Waals surface area (Å²) in [5.41, 5.74) is 0.205. The van der Waals surface area contributed by atoms with E-state index >= 15 is 0 Å². The number of rotatable bonds is 3. The van der Waals surface area contributed by atoms with Crippen LogP contribution in [0.4, 0.5) is 0 Å². The number of esters is 1. The van der Waals surface area contributed by atoms with Crippen molar-refractivity contribution >= 4 is 5.97 Å². The van der Waals surface area contributed by atoms with Crippen LogP contribution in [-0.2, 0) is 9.53 Å². The molecule has 3 saturated carbocycles. The first-order valence-electron chi connectivity index (χ1n) is 6.00. The molecule has 0 spiro atoms. The second-order valence-corrected chi connectivity index (χ2v) is 5.08. The minimum absolute atomic E-state index is 0.0206. The standard InChI is InChI=1S/C12H21NO2/c1-3-13-12-7-4-11(5-8-12,6-9-12)10(14)15-2/h13H,3-9H2,1-2H3. The van der Waals surface area contributed by atoms with Crippen molar-refractivity contribution in [1.29, 1.82) is 0 Å². The maximum absolute atomic E-state index is 11.8. The maximum atomic E-state index is 11.8. The molecule has 86 valence electrons. The summed E-state index contributed by atoms with van der Waals surface area (Å²) in [6, 6.07) is 0. The number of hydrogen-bond acceptors (Lipinski definition) is 3. The van der Waals surface area contributed by atoms with Gasteiger partial charge in [-0.15, -0.1) is 0 Å². The molecule has 15 heavy (non-hydrogen) atoms. The van der Waals surface area contributed by atoms with Crippen LogP contribution in [0, 0.1) is 5.41 Å². The molecular formula is C12H21NO2. The second kappa shape index (κ2) is 3.78. The lowest BCUT2D eigenvalue weighted by Gasteiger charge is -2.52. The fourth-order valence-electron chi connectivity index (χ4n) is 3.35. The van der Waals surface area contributed by atoms with Gasteiger partial charge in [-0.2, -0.15) is 0 Å². The van der Waals surface area contributed by atoms with Crippen molar-refractivity contribution in [1.82, 2.24) is 5.32 Å². The fraction of sp³-hybridized carbons (Fsp3) is 0.917. The number of nitrogens with one attached hydrogen (secondary N) is 1. The highest BCUT2D eigenvalue weighted by Crippen LogP contribution is 2.52. The monoisotopic (exact) mass is 211 g/mol. The summed E-state index contributed by atoms with van der Waals surface area (Å²) in [6.07, 6.45) is 6.42. The Morgan fingerprint density at radius 3 is 2.13 bits per heavy atom. The van der Waals surface area contributed by atoms with Crippen LogP contribution in [0.5, 0.6) is 0 Å². The van der Waals surface area contributed by atoms with E-state index in [0.29, 0.717) is 5.54 Å².